The normalized spacial score (nSPS) is 17.5. The third-order valence-corrected chi connectivity index (χ3v) is 3.58. The van der Waals surface area contributed by atoms with E-state index in [2.05, 4.69) is 5.32 Å². The molecule has 3 unspecified atom stereocenters. The lowest BCUT2D eigenvalue weighted by atomic mass is 10.0. The second kappa shape index (κ2) is 7.09. The van der Waals surface area contributed by atoms with Crippen LogP contribution in [0, 0.1) is 5.92 Å². The quantitative estimate of drug-likeness (QED) is 0.609. The Kier molecular flexibility index (Phi) is 6.96. The highest BCUT2D eigenvalue weighted by atomic mass is 32.2. The maximum absolute atomic E-state index is 10.9. The van der Waals surface area contributed by atoms with E-state index >= 15 is 0 Å². The van der Waals surface area contributed by atoms with Crippen LogP contribution in [-0.2, 0) is 4.79 Å². The van der Waals surface area contributed by atoms with E-state index in [0.29, 0.717) is 0 Å². The minimum Gasteiger partial charge on any atom is -0.480 e. The number of aliphatic hydroxyl groups is 1. The molecule has 0 bridgehead atoms. The van der Waals surface area contributed by atoms with Crippen molar-refractivity contribution in [2.75, 3.05) is 12.9 Å². The Bertz CT molecular complexity index is 195. The van der Waals surface area contributed by atoms with Crippen molar-refractivity contribution in [1.29, 1.82) is 0 Å². The molecule has 3 atom stereocenters. The Hall–Kier alpha value is -0.260. The van der Waals surface area contributed by atoms with Gasteiger partial charge in [-0.15, -0.1) is 0 Å². The van der Waals surface area contributed by atoms with Crippen molar-refractivity contribution in [1.82, 2.24) is 5.32 Å². The van der Waals surface area contributed by atoms with Crippen LogP contribution in [0.15, 0.2) is 0 Å². The summed E-state index contributed by atoms with van der Waals surface area (Å²) >= 11 is 1.54. The largest absolute Gasteiger partial charge is 0.480 e. The monoisotopic (exact) mass is 235 g/mol. The van der Waals surface area contributed by atoms with Crippen molar-refractivity contribution in [3.8, 4) is 0 Å². The van der Waals surface area contributed by atoms with Gasteiger partial charge in [0.15, 0.2) is 0 Å². The number of nitrogens with one attached hydrogen (secondary N) is 1. The number of carboxylic acid groups (broad SMARTS) is 1. The number of carboxylic acids is 1. The van der Waals surface area contributed by atoms with Gasteiger partial charge in [-0.2, -0.15) is 11.8 Å². The van der Waals surface area contributed by atoms with Crippen LogP contribution in [-0.4, -0.2) is 46.4 Å². The fourth-order valence-corrected chi connectivity index (χ4v) is 2.01. The van der Waals surface area contributed by atoms with Crippen LogP contribution >= 0.6 is 11.8 Å². The van der Waals surface area contributed by atoms with Gasteiger partial charge in [0.25, 0.3) is 0 Å². The highest BCUT2D eigenvalue weighted by molar-refractivity contribution is 7.99. The minimum absolute atomic E-state index is 0.0199. The number of hydrogen-bond donors (Lipinski definition) is 3. The molecule has 0 aliphatic rings. The van der Waals surface area contributed by atoms with Crippen molar-refractivity contribution in [2.45, 2.75) is 38.1 Å². The fourth-order valence-electron chi connectivity index (χ4n) is 1.38. The minimum atomic E-state index is -0.838. The molecule has 90 valence electrons. The maximum atomic E-state index is 10.9. The van der Waals surface area contributed by atoms with E-state index in [4.69, 9.17) is 10.2 Å². The zero-order valence-electron chi connectivity index (χ0n) is 9.73. The van der Waals surface area contributed by atoms with Crippen LogP contribution < -0.4 is 5.32 Å². The third-order valence-electron chi connectivity index (χ3n) is 2.42. The number of aliphatic carboxylic acids is 1. The molecule has 5 heteroatoms. The van der Waals surface area contributed by atoms with Crippen molar-refractivity contribution in [2.24, 2.45) is 5.92 Å². The van der Waals surface area contributed by atoms with E-state index in [-0.39, 0.29) is 23.8 Å². The Balaban J connectivity index is 4.33. The molecule has 0 saturated heterocycles. The molecule has 0 spiro atoms. The third kappa shape index (κ3) is 4.86. The van der Waals surface area contributed by atoms with Crippen LogP contribution in [0.1, 0.15) is 20.8 Å². The van der Waals surface area contributed by atoms with Crippen LogP contribution in [0.3, 0.4) is 0 Å². The highest BCUT2D eigenvalue weighted by Crippen LogP contribution is 2.12. The fraction of sp³-hybridized carbons (Fsp3) is 0.900. The second-order valence-corrected chi connectivity index (χ2v) is 5.05. The van der Waals surface area contributed by atoms with Gasteiger partial charge in [0.2, 0.25) is 0 Å². The molecule has 0 heterocycles. The van der Waals surface area contributed by atoms with E-state index in [1.54, 1.807) is 0 Å². The van der Waals surface area contributed by atoms with Crippen LogP contribution in [0.5, 0.6) is 0 Å². The maximum Gasteiger partial charge on any atom is 0.320 e. The van der Waals surface area contributed by atoms with Gasteiger partial charge < -0.3 is 15.5 Å². The molecule has 0 radical (unpaired) electrons. The molecule has 0 fully saturated rings. The topological polar surface area (TPSA) is 69.6 Å². The van der Waals surface area contributed by atoms with E-state index in [0.717, 1.165) is 0 Å². The molecule has 4 nitrogen and oxygen atoms in total. The Morgan fingerprint density at radius 1 is 1.40 bits per heavy atom. The number of aliphatic hydroxyl groups excluding tert-OH is 1. The van der Waals surface area contributed by atoms with Crippen LogP contribution in [0.25, 0.3) is 0 Å². The second-order valence-electron chi connectivity index (χ2n) is 3.97. The van der Waals surface area contributed by atoms with Gasteiger partial charge in [-0.25, -0.2) is 0 Å². The van der Waals surface area contributed by atoms with Gasteiger partial charge in [0.1, 0.15) is 6.04 Å². The molecule has 0 aromatic heterocycles. The number of carbonyl (C=O) groups is 1. The summed E-state index contributed by atoms with van der Waals surface area (Å²) < 4.78 is 0. The number of rotatable bonds is 7. The molecule has 0 saturated carbocycles. The standard InChI is InChI=1S/C10H21NO3S/c1-6(2)9(10(13)14)11-7(3)8(5-12)15-4/h6-9,11-12H,5H2,1-4H3,(H,13,14). The van der Waals surface area contributed by atoms with Gasteiger partial charge in [0.05, 0.1) is 6.61 Å². The van der Waals surface area contributed by atoms with Gasteiger partial charge in [-0.3, -0.25) is 4.79 Å². The summed E-state index contributed by atoms with van der Waals surface area (Å²) in [5.41, 5.74) is 0. The van der Waals surface area contributed by atoms with Gasteiger partial charge in [-0.1, -0.05) is 13.8 Å². The molecule has 0 rings (SSSR count). The molecule has 3 N–H and O–H groups in total. The lowest BCUT2D eigenvalue weighted by molar-refractivity contribution is -0.140. The molecule has 0 aliphatic carbocycles. The molecular weight excluding hydrogens is 214 g/mol. The molecule has 0 aromatic rings. The van der Waals surface area contributed by atoms with E-state index in [1.165, 1.54) is 11.8 Å². The molecule has 0 amide bonds. The van der Waals surface area contributed by atoms with Crippen LogP contribution in [0.4, 0.5) is 0 Å². The average Bonchev–Trinajstić information content (AvgIpc) is 2.15. The summed E-state index contributed by atoms with van der Waals surface area (Å²) in [6, 6.07) is -0.574. The Morgan fingerprint density at radius 3 is 2.20 bits per heavy atom. The smallest absolute Gasteiger partial charge is 0.320 e. The van der Waals surface area contributed by atoms with Crippen molar-refractivity contribution in [3.05, 3.63) is 0 Å². The summed E-state index contributed by atoms with van der Waals surface area (Å²) in [5.74, 6) is -0.805. The summed E-state index contributed by atoms with van der Waals surface area (Å²) in [6.45, 7) is 5.69. The average molecular weight is 235 g/mol. The van der Waals surface area contributed by atoms with Crippen LogP contribution in [0.2, 0.25) is 0 Å². The summed E-state index contributed by atoms with van der Waals surface area (Å²) in [6.07, 6.45) is 1.91. The summed E-state index contributed by atoms with van der Waals surface area (Å²) in [4.78, 5) is 10.9. The lowest BCUT2D eigenvalue weighted by Gasteiger charge is -2.27. The van der Waals surface area contributed by atoms with Gasteiger partial charge in [-0.05, 0) is 19.1 Å². The number of hydrogen-bond acceptors (Lipinski definition) is 4. The zero-order chi connectivity index (χ0) is 12.0. The van der Waals surface area contributed by atoms with Gasteiger partial charge in [0, 0.05) is 11.3 Å². The molecule has 15 heavy (non-hydrogen) atoms. The SMILES string of the molecule is CSC(CO)C(C)NC(C(=O)O)C(C)C. The first kappa shape index (κ1) is 14.7. The summed E-state index contributed by atoms with van der Waals surface area (Å²) in [7, 11) is 0. The van der Waals surface area contributed by atoms with Crippen molar-refractivity contribution >= 4 is 17.7 Å². The first-order valence-electron chi connectivity index (χ1n) is 5.06. The van der Waals surface area contributed by atoms with Gasteiger partial charge >= 0.3 is 5.97 Å². The molecule has 0 aliphatic heterocycles. The predicted octanol–water partition coefficient (Wildman–Crippen LogP) is 0.798. The molecule has 0 aromatic carbocycles. The van der Waals surface area contributed by atoms with Crippen molar-refractivity contribution < 1.29 is 15.0 Å². The Morgan fingerprint density at radius 2 is 1.93 bits per heavy atom. The first-order chi connectivity index (χ1) is 6.93. The van der Waals surface area contributed by atoms with E-state index in [1.807, 2.05) is 27.0 Å². The lowest BCUT2D eigenvalue weighted by Crippen LogP contribution is -2.49. The summed E-state index contributed by atoms with van der Waals surface area (Å²) in [5, 5.41) is 21.1. The van der Waals surface area contributed by atoms with E-state index < -0.39 is 12.0 Å². The molecular formula is C10H21NO3S. The highest BCUT2D eigenvalue weighted by Gasteiger charge is 2.25. The Labute approximate surface area is 95.4 Å². The van der Waals surface area contributed by atoms with Crippen molar-refractivity contribution in [3.63, 3.8) is 0 Å². The first-order valence-corrected chi connectivity index (χ1v) is 6.35. The predicted molar refractivity (Wildman–Crippen MR) is 63.2 cm³/mol. The zero-order valence-corrected chi connectivity index (χ0v) is 10.5. The van der Waals surface area contributed by atoms with E-state index in [9.17, 15) is 4.79 Å². The number of thioether (sulfide) groups is 1.